The first-order chi connectivity index (χ1) is 9.49. The van der Waals surface area contributed by atoms with E-state index in [-0.39, 0.29) is 13.2 Å². The van der Waals surface area contributed by atoms with Crippen LogP contribution in [0.5, 0.6) is 5.75 Å². The molecule has 0 aliphatic carbocycles. The summed E-state index contributed by atoms with van der Waals surface area (Å²) in [5.74, 6) is 0.541. The molecule has 0 radical (unpaired) electrons. The smallest absolute Gasteiger partial charge is 0.416 e. The van der Waals surface area contributed by atoms with E-state index in [2.05, 4.69) is 0 Å². The third kappa shape index (κ3) is 3.74. The predicted molar refractivity (Wildman–Crippen MR) is 68.1 cm³/mol. The Morgan fingerprint density at radius 2 is 1.65 bits per heavy atom. The monoisotopic (exact) mass is 282 g/mol. The second-order valence-electron chi connectivity index (χ2n) is 4.29. The topological polar surface area (TPSA) is 29.5 Å². The summed E-state index contributed by atoms with van der Waals surface area (Å²) in [6.07, 6.45) is -4.35. The zero-order valence-corrected chi connectivity index (χ0v) is 10.5. The van der Waals surface area contributed by atoms with Gasteiger partial charge in [0.05, 0.1) is 12.2 Å². The van der Waals surface area contributed by atoms with Crippen LogP contribution in [-0.2, 0) is 19.4 Å². The fourth-order valence-corrected chi connectivity index (χ4v) is 1.70. The van der Waals surface area contributed by atoms with Gasteiger partial charge in [0.25, 0.3) is 0 Å². The number of benzene rings is 2. The van der Waals surface area contributed by atoms with Crippen LogP contribution in [0.3, 0.4) is 0 Å². The highest BCUT2D eigenvalue weighted by molar-refractivity contribution is 5.28. The van der Waals surface area contributed by atoms with Crippen LogP contribution in [0.1, 0.15) is 16.7 Å². The van der Waals surface area contributed by atoms with Crippen LogP contribution in [0.2, 0.25) is 0 Å². The molecule has 0 saturated heterocycles. The Bertz CT molecular complexity index is 562. The van der Waals surface area contributed by atoms with E-state index in [1.807, 2.05) is 0 Å². The number of ether oxygens (including phenoxy) is 1. The molecule has 106 valence electrons. The number of aliphatic hydroxyl groups excluding tert-OH is 1. The normalized spacial score (nSPS) is 11.4. The molecule has 1 N–H and O–H groups in total. The summed E-state index contributed by atoms with van der Waals surface area (Å²) < 4.78 is 43.1. The molecule has 0 amide bonds. The van der Waals surface area contributed by atoms with Crippen LogP contribution in [0.4, 0.5) is 13.2 Å². The second-order valence-corrected chi connectivity index (χ2v) is 4.29. The molecule has 2 aromatic rings. The lowest BCUT2D eigenvalue weighted by Gasteiger charge is -2.10. The van der Waals surface area contributed by atoms with Gasteiger partial charge in [-0.05, 0) is 35.4 Å². The van der Waals surface area contributed by atoms with E-state index in [0.717, 1.165) is 17.7 Å². The second kappa shape index (κ2) is 5.96. The lowest BCUT2D eigenvalue weighted by Crippen LogP contribution is -2.06. The van der Waals surface area contributed by atoms with E-state index in [9.17, 15) is 13.2 Å². The van der Waals surface area contributed by atoms with Gasteiger partial charge in [0, 0.05) is 0 Å². The summed E-state index contributed by atoms with van der Waals surface area (Å²) in [4.78, 5) is 0. The number of alkyl halides is 3. The molecule has 0 atom stereocenters. The molecule has 0 saturated carbocycles. The minimum Gasteiger partial charge on any atom is -0.489 e. The number of aliphatic hydroxyl groups is 1. The highest BCUT2D eigenvalue weighted by Crippen LogP contribution is 2.29. The lowest BCUT2D eigenvalue weighted by atomic mass is 10.1. The van der Waals surface area contributed by atoms with Crippen molar-refractivity contribution in [1.29, 1.82) is 0 Å². The van der Waals surface area contributed by atoms with Crippen molar-refractivity contribution in [2.45, 2.75) is 19.4 Å². The van der Waals surface area contributed by atoms with E-state index in [4.69, 9.17) is 9.84 Å². The van der Waals surface area contributed by atoms with Gasteiger partial charge in [-0.15, -0.1) is 0 Å². The van der Waals surface area contributed by atoms with Crippen molar-refractivity contribution in [3.63, 3.8) is 0 Å². The molecule has 2 rings (SSSR count). The fraction of sp³-hybridized carbons (Fsp3) is 0.200. The van der Waals surface area contributed by atoms with Gasteiger partial charge in [0.2, 0.25) is 0 Å². The van der Waals surface area contributed by atoms with Gasteiger partial charge in [-0.2, -0.15) is 13.2 Å². The van der Waals surface area contributed by atoms with Crippen LogP contribution < -0.4 is 4.74 Å². The molecule has 0 aliphatic rings. The maximum absolute atomic E-state index is 12.6. The minimum absolute atomic E-state index is 0.0579. The molecule has 5 heteroatoms. The van der Waals surface area contributed by atoms with Crippen molar-refractivity contribution in [3.05, 3.63) is 65.2 Å². The molecule has 2 aromatic carbocycles. The summed E-state index contributed by atoms with van der Waals surface area (Å²) in [7, 11) is 0. The van der Waals surface area contributed by atoms with Crippen molar-refractivity contribution in [1.82, 2.24) is 0 Å². The molecular formula is C15H13F3O2. The zero-order valence-electron chi connectivity index (χ0n) is 10.5. The summed E-state index contributed by atoms with van der Waals surface area (Å²) in [5, 5.41) is 8.90. The number of halogens is 3. The molecule has 0 aromatic heterocycles. The van der Waals surface area contributed by atoms with Crippen molar-refractivity contribution in [2.24, 2.45) is 0 Å². The first-order valence-corrected chi connectivity index (χ1v) is 5.98. The third-order valence-corrected chi connectivity index (χ3v) is 2.77. The van der Waals surface area contributed by atoms with Crippen molar-refractivity contribution >= 4 is 0 Å². The maximum Gasteiger partial charge on any atom is 0.416 e. The molecule has 0 aliphatic heterocycles. The van der Waals surface area contributed by atoms with Gasteiger partial charge in [0.15, 0.2) is 0 Å². The van der Waals surface area contributed by atoms with Gasteiger partial charge >= 0.3 is 6.18 Å². The molecule has 2 nitrogen and oxygen atoms in total. The van der Waals surface area contributed by atoms with Crippen LogP contribution in [0, 0.1) is 0 Å². The summed E-state index contributed by atoms with van der Waals surface area (Å²) >= 11 is 0. The Kier molecular flexibility index (Phi) is 4.29. The maximum atomic E-state index is 12.6. The van der Waals surface area contributed by atoms with E-state index >= 15 is 0 Å². The van der Waals surface area contributed by atoms with E-state index in [1.54, 1.807) is 30.3 Å². The first-order valence-electron chi connectivity index (χ1n) is 5.98. The van der Waals surface area contributed by atoms with Crippen molar-refractivity contribution in [3.8, 4) is 5.75 Å². The largest absolute Gasteiger partial charge is 0.489 e. The first kappa shape index (κ1) is 14.4. The molecule has 0 spiro atoms. The van der Waals surface area contributed by atoms with E-state index in [0.29, 0.717) is 11.3 Å². The number of hydrogen-bond acceptors (Lipinski definition) is 2. The van der Waals surface area contributed by atoms with Crippen molar-refractivity contribution < 1.29 is 23.0 Å². The van der Waals surface area contributed by atoms with Gasteiger partial charge in [0.1, 0.15) is 12.4 Å². The molecule has 0 fully saturated rings. The summed E-state index contributed by atoms with van der Waals surface area (Å²) in [6.45, 7) is -0.00367. The number of rotatable bonds is 4. The Morgan fingerprint density at radius 1 is 0.950 bits per heavy atom. The molecule has 0 heterocycles. The van der Waals surface area contributed by atoms with Gasteiger partial charge in [-0.1, -0.05) is 24.3 Å². The standard InChI is InChI=1S/C15H13F3O2/c16-15(17,18)13-3-1-2-12(8-13)10-20-14-6-4-11(9-19)5-7-14/h1-8,19H,9-10H2. The molecular weight excluding hydrogens is 269 g/mol. The van der Waals surface area contributed by atoms with E-state index in [1.165, 1.54) is 6.07 Å². The molecule has 0 unspecified atom stereocenters. The van der Waals surface area contributed by atoms with Crippen LogP contribution in [0.25, 0.3) is 0 Å². The minimum atomic E-state index is -4.35. The summed E-state index contributed by atoms with van der Waals surface area (Å²) in [6, 6.07) is 11.8. The van der Waals surface area contributed by atoms with Crippen LogP contribution in [0.15, 0.2) is 48.5 Å². The average molecular weight is 282 g/mol. The molecule has 20 heavy (non-hydrogen) atoms. The lowest BCUT2D eigenvalue weighted by molar-refractivity contribution is -0.137. The number of hydrogen-bond donors (Lipinski definition) is 1. The van der Waals surface area contributed by atoms with Gasteiger partial charge in [-0.3, -0.25) is 0 Å². The SMILES string of the molecule is OCc1ccc(OCc2cccc(C(F)(F)F)c2)cc1. The zero-order chi connectivity index (χ0) is 14.6. The highest BCUT2D eigenvalue weighted by Gasteiger charge is 2.30. The quantitative estimate of drug-likeness (QED) is 0.924. The molecule has 0 bridgehead atoms. The van der Waals surface area contributed by atoms with Gasteiger partial charge < -0.3 is 9.84 Å². The van der Waals surface area contributed by atoms with Crippen molar-refractivity contribution in [2.75, 3.05) is 0 Å². The Morgan fingerprint density at radius 3 is 2.25 bits per heavy atom. The Labute approximate surface area is 114 Å². The van der Waals surface area contributed by atoms with Crippen LogP contribution >= 0.6 is 0 Å². The fourth-order valence-electron chi connectivity index (χ4n) is 1.70. The van der Waals surface area contributed by atoms with Crippen LogP contribution in [-0.4, -0.2) is 5.11 Å². The van der Waals surface area contributed by atoms with E-state index < -0.39 is 11.7 Å². The average Bonchev–Trinajstić information content (AvgIpc) is 2.45. The Hall–Kier alpha value is -2.01. The Balaban J connectivity index is 2.03. The summed E-state index contributed by atoms with van der Waals surface area (Å²) in [5.41, 5.74) is 0.511. The highest BCUT2D eigenvalue weighted by atomic mass is 19.4. The van der Waals surface area contributed by atoms with Gasteiger partial charge in [-0.25, -0.2) is 0 Å². The predicted octanol–water partition coefficient (Wildman–Crippen LogP) is 3.78. The third-order valence-electron chi connectivity index (χ3n) is 2.77.